The lowest BCUT2D eigenvalue weighted by Crippen LogP contribution is -2.32. The Labute approximate surface area is 145 Å². The molecule has 1 heterocycles. The monoisotopic (exact) mass is 339 g/mol. The number of hydrogen-bond acceptors (Lipinski definition) is 5. The van der Waals surface area contributed by atoms with Crippen molar-refractivity contribution in [1.82, 2.24) is 15.3 Å². The Morgan fingerprint density at radius 1 is 1.24 bits per heavy atom. The van der Waals surface area contributed by atoms with Gasteiger partial charge in [0.05, 0.1) is 11.9 Å². The van der Waals surface area contributed by atoms with Crippen LogP contribution in [0, 0.1) is 0 Å². The molecule has 130 valence electrons. The van der Waals surface area contributed by atoms with E-state index in [0.29, 0.717) is 17.7 Å². The number of primary amides is 1. The molecule has 3 rings (SSSR count). The zero-order valence-electron chi connectivity index (χ0n) is 13.9. The topological polar surface area (TPSA) is 124 Å². The third-order valence-corrected chi connectivity index (χ3v) is 4.35. The molecule has 0 saturated heterocycles. The van der Waals surface area contributed by atoms with Gasteiger partial charge < -0.3 is 16.8 Å². The van der Waals surface area contributed by atoms with Crippen molar-refractivity contribution in [3.63, 3.8) is 0 Å². The number of hydrogen-bond donors (Lipinski definition) is 3. The maximum atomic E-state index is 12.4. The number of carbonyl (C=O) groups is 2. The van der Waals surface area contributed by atoms with Gasteiger partial charge >= 0.3 is 0 Å². The number of amides is 2. The highest BCUT2D eigenvalue weighted by molar-refractivity contribution is 5.95. The molecule has 25 heavy (non-hydrogen) atoms. The first-order valence-electron chi connectivity index (χ1n) is 8.34. The van der Waals surface area contributed by atoms with E-state index >= 15 is 0 Å². The van der Waals surface area contributed by atoms with Gasteiger partial charge in [-0.1, -0.05) is 25.0 Å². The second kappa shape index (κ2) is 7.29. The Balaban J connectivity index is 1.74. The van der Waals surface area contributed by atoms with Gasteiger partial charge in [0.15, 0.2) is 11.5 Å². The number of rotatable bonds is 5. The van der Waals surface area contributed by atoms with Crippen molar-refractivity contribution in [2.24, 2.45) is 5.73 Å². The fourth-order valence-corrected chi connectivity index (χ4v) is 3.07. The minimum Gasteiger partial charge on any atom is -0.382 e. The maximum absolute atomic E-state index is 12.4. The fraction of sp³-hybridized carbons (Fsp3) is 0.333. The second-order valence-electron chi connectivity index (χ2n) is 6.29. The molecule has 0 bridgehead atoms. The van der Waals surface area contributed by atoms with Crippen LogP contribution >= 0.6 is 0 Å². The highest BCUT2D eigenvalue weighted by atomic mass is 16.2. The summed E-state index contributed by atoms with van der Waals surface area (Å²) in [6, 6.07) is 7.62. The molecule has 7 heteroatoms. The van der Waals surface area contributed by atoms with E-state index in [1.165, 1.54) is 19.0 Å². The molecule has 0 unspecified atom stereocenters. The Bertz CT molecular complexity index is 800. The van der Waals surface area contributed by atoms with E-state index in [0.717, 1.165) is 18.4 Å². The molecule has 1 saturated carbocycles. The molecule has 1 aliphatic carbocycles. The summed E-state index contributed by atoms with van der Waals surface area (Å²) in [7, 11) is 0. The molecule has 0 spiro atoms. The van der Waals surface area contributed by atoms with Gasteiger partial charge in [-0.25, -0.2) is 9.97 Å². The largest absolute Gasteiger partial charge is 0.382 e. The molecule has 0 radical (unpaired) electrons. The van der Waals surface area contributed by atoms with Crippen LogP contribution in [0.4, 0.5) is 5.82 Å². The van der Waals surface area contributed by atoms with E-state index in [2.05, 4.69) is 15.3 Å². The first-order valence-corrected chi connectivity index (χ1v) is 8.34. The van der Waals surface area contributed by atoms with Gasteiger partial charge in [-0.3, -0.25) is 9.59 Å². The normalized spacial score (nSPS) is 14.4. The number of carbonyl (C=O) groups excluding carboxylic acids is 2. The predicted molar refractivity (Wildman–Crippen MR) is 93.9 cm³/mol. The first kappa shape index (κ1) is 16.9. The Kier molecular flexibility index (Phi) is 4.92. The lowest BCUT2D eigenvalue weighted by atomic mass is 10.1. The first-order chi connectivity index (χ1) is 12.0. The van der Waals surface area contributed by atoms with Gasteiger partial charge in [-0.05, 0) is 30.5 Å². The molecule has 5 N–H and O–H groups in total. The van der Waals surface area contributed by atoms with E-state index < -0.39 is 5.91 Å². The average Bonchev–Trinajstić information content (AvgIpc) is 3.09. The van der Waals surface area contributed by atoms with Crippen LogP contribution in [0.25, 0.3) is 0 Å². The van der Waals surface area contributed by atoms with Crippen LogP contribution < -0.4 is 16.8 Å². The second-order valence-corrected chi connectivity index (χ2v) is 6.29. The van der Waals surface area contributed by atoms with Crippen molar-refractivity contribution in [1.29, 1.82) is 0 Å². The Hall–Kier alpha value is -2.96. The zero-order chi connectivity index (χ0) is 17.8. The summed E-state index contributed by atoms with van der Waals surface area (Å²) in [5.41, 5.74) is 12.9. The fourth-order valence-electron chi connectivity index (χ4n) is 3.07. The van der Waals surface area contributed by atoms with Gasteiger partial charge in [0.1, 0.15) is 0 Å². The Morgan fingerprint density at radius 2 is 2.00 bits per heavy atom. The van der Waals surface area contributed by atoms with Crippen LogP contribution in [0.1, 0.15) is 57.8 Å². The summed E-state index contributed by atoms with van der Waals surface area (Å²) < 4.78 is 0. The molecule has 1 aromatic heterocycles. The molecule has 1 aliphatic rings. The number of benzene rings is 1. The van der Waals surface area contributed by atoms with E-state index in [9.17, 15) is 9.59 Å². The number of nitrogens with zero attached hydrogens (tertiary/aromatic N) is 2. The molecule has 0 aliphatic heterocycles. The molecule has 1 fully saturated rings. The third-order valence-electron chi connectivity index (χ3n) is 4.35. The van der Waals surface area contributed by atoms with Crippen LogP contribution in [0.15, 0.2) is 30.5 Å². The van der Waals surface area contributed by atoms with E-state index in [-0.39, 0.29) is 23.5 Å². The van der Waals surface area contributed by atoms with Crippen molar-refractivity contribution < 1.29 is 9.59 Å². The molecular weight excluding hydrogens is 318 g/mol. The van der Waals surface area contributed by atoms with Gasteiger partial charge in [0.25, 0.3) is 11.8 Å². The molecule has 1 aromatic carbocycles. The third kappa shape index (κ3) is 4.12. The highest BCUT2D eigenvalue weighted by Crippen LogP contribution is 2.18. The van der Waals surface area contributed by atoms with Crippen LogP contribution in [0.5, 0.6) is 0 Å². The molecule has 2 aromatic rings. The van der Waals surface area contributed by atoms with Crippen molar-refractivity contribution >= 4 is 17.6 Å². The van der Waals surface area contributed by atoms with E-state index in [4.69, 9.17) is 11.5 Å². The summed E-state index contributed by atoms with van der Waals surface area (Å²) >= 11 is 0. The van der Waals surface area contributed by atoms with E-state index in [1.54, 1.807) is 6.07 Å². The molecule has 2 amide bonds. The summed E-state index contributed by atoms with van der Waals surface area (Å²) in [6.45, 7) is 0. The lowest BCUT2D eigenvalue weighted by Gasteiger charge is -2.12. The number of aromatic nitrogens is 2. The van der Waals surface area contributed by atoms with Gasteiger partial charge in [-0.2, -0.15) is 0 Å². The maximum Gasteiger partial charge on any atom is 0.271 e. The summed E-state index contributed by atoms with van der Waals surface area (Å²) in [5.74, 6) is -0.757. The minimum atomic E-state index is -0.712. The van der Waals surface area contributed by atoms with Gasteiger partial charge in [-0.15, -0.1) is 0 Å². The van der Waals surface area contributed by atoms with Crippen LogP contribution in [0.3, 0.4) is 0 Å². The average molecular weight is 339 g/mol. The molecule has 0 atom stereocenters. The summed E-state index contributed by atoms with van der Waals surface area (Å²) in [5, 5.41) is 3.07. The van der Waals surface area contributed by atoms with Crippen molar-refractivity contribution in [2.45, 2.75) is 38.1 Å². The molecule has 7 nitrogen and oxygen atoms in total. The van der Waals surface area contributed by atoms with Crippen molar-refractivity contribution in [3.05, 3.63) is 53.0 Å². The zero-order valence-corrected chi connectivity index (χ0v) is 13.9. The summed E-state index contributed by atoms with van der Waals surface area (Å²) in [6.07, 6.45) is 6.36. The van der Waals surface area contributed by atoms with Crippen LogP contribution in [-0.2, 0) is 6.42 Å². The van der Waals surface area contributed by atoms with Gasteiger partial charge in [0, 0.05) is 18.0 Å². The minimum absolute atomic E-state index is 0.0148. The lowest BCUT2D eigenvalue weighted by molar-refractivity contribution is 0.0936. The number of anilines is 1. The quantitative estimate of drug-likeness (QED) is 0.760. The standard InChI is InChI=1S/C18H21N5O2/c19-16-15(17(20)24)22-14(10-21-16)9-11-4-3-5-12(8-11)18(25)23-13-6-1-2-7-13/h3-5,8,10,13H,1-2,6-7,9H2,(H2,19,21)(H2,20,24)(H,23,25). The SMILES string of the molecule is NC(=O)c1nc(Cc2cccc(C(=O)NC3CCCC3)c2)cnc1N. The highest BCUT2D eigenvalue weighted by Gasteiger charge is 2.18. The summed E-state index contributed by atoms with van der Waals surface area (Å²) in [4.78, 5) is 31.8. The number of nitrogens with one attached hydrogen (secondary N) is 1. The van der Waals surface area contributed by atoms with Crippen molar-refractivity contribution in [2.75, 3.05) is 5.73 Å². The van der Waals surface area contributed by atoms with E-state index in [1.807, 2.05) is 18.2 Å². The van der Waals surface area contributed by atoms with Crippen LogP contribution in [-0.4, -0.2) is 27.8 Å². The van der Waals surface area contributed by atoms with Crippen LogP contribution in [0.2, 0.25) is 0 Å². The Morgan fingerprint density at radius 3 is 2.72 bits per heavy atom. The molecular formula is C18H21N5O2. The number of nitrogen functional groups attached to an aromatic ring is 1. The number of nitrogens with two attached hydrogens (primary N) is 2. The smallest absolute Gasteiger partial charge is 0.271 e. The van der Waals surface area contributed by atoms with Gasteiger partial charge in [0.2, 0.25) is 0 Å². The van der Waals surface area contributed by atoms with Crippen molar-refractivity contribution in [3.8, 4) is 0 Å². The predicted octanol–water partition coefficient (Wildman–Crippen LogP) is 1.42.